The van der Waals surface area contributed by atoms with Crippen molar-refractivity contribution in [1.82, 2.24) is 10.3 Å². The van der Waals surface area contributed by atoms with E-state index in [0.717, 1.165) is 22.2 Å². The normalized spacial score (nSPS) is 10.9. The molecule has 0 saturated carbocycles. The van der Waals surface area contributed by atoms with Gasteiger partial charge in [-0.15, -0.1) is 11.3 Å². The van der Waals surface area contributed by atoms with Crippen LogP contribution in [0.15, 0.2) is 60.0 Å². The van der Waals surface area contributed by atoms with E-state index in [1.165, 1.54) is 33.4 Å². The summed E-state index contributed by atoms with van der Waals surface area (Å²) < 4.78 is 0. The maximum atomic E-state index is 12.4. The fourth-order valence-electron chi connectivity index (χ4n) is 3.79. The second-order valence-electron chi connectivity index (χ2n) is 7.26. The van der Waals surface area contributed by atoms with Crippen molar-refractivity contribution in [2.24, 2.45) is 0 Å². The summed E-state index contributed by atoms with van der Waals surface area (Å²) in [5.41, 5.74) is 6.75. The number of aromatic nitrogens is 1. The van der Waals surface area contributed by atoms with E-state index in [0.29, 0.717) is 11.7 Å². The molecule has 146 valence electrons. The monoisotopic (exact) mass is 401 g/mol. The van der Waals surface area contributed by atoms with Gasteiger partial charge in [-0.05, 0) is 48.2 Å². The molecule has 0 aliphatic carbocycles. The van der Waals surface area contributed by atoms with Crippen molar-refractivity contribution in [3.63, 3.8) is 0 Å². The van der Waals surface area contributed by atoms with Gasteiger partial charge in [0, 0.05) is 17.5 Å². The first kappa shape index (κ1) is 19.2. The van der Waals surface area contributed by atoms with Crippen molar-refractivity contribution in [2.45, 2.75) is 27.3 Å². The van der Waals surface area contributed by atoms with Crippen LogP contribution in [0.4, 0.5) is 9.93 Å². The summed E-state index contributed by atoms with van der Waals surface area (Å²) in [6.45, 7) is 6.75. The van der Waals surface area contributed by atoms with Crippen molar-refractivity contribution in [3.8, 4) is 11.3 Å². The highest BCUT2D eigenvalue weighted by molar-refractivity contribution is 7.14. The second kappa shape index (κ2) is 8.05. The standard InChI is InChI=1S/C24H23N3OS/c1-15-11-16(2)22(17(3)12-15)21-14-29-24(26-21)27-23(28)25-13-19-9-6-8-18-7-4-5-10-20(18)19/h4-12,14H,13H2,1-3H3,(H2,25,26,27,28). The Labute approximate surface area is 174 Å². The Morgan fingerprint density at radius 3 is 2.52 bits per heavy atom. The molecule has 1 heterocycles. The molecule has 5 heteroatoms. The molecular weight excluding hydrogens is 378 g/mol. The molecule has 0 bridgehead atoms. The maximum absolute atomic E-state index is 12.4. The molecule has 4 rings (SSSR count). The van der Waals surface area contributed by atoms with E-state index >= 15 is 0 Å². The van der Waals surface area contributed by atoms with Crippen LogP contribution in [0, 0.1) is 20.8 Å². The quantitative estimate of drug-likeness (QED) is 0.427. The Bertz CT molecular complexity index is 1170. The van der Waals surface area contributed by atoms with Gasteiger partial charge in [0.2, 0.25) is 0 Å². The molecule has 0 unspecified atom stereocenters. The number of hydrogen-bond acceptors (Lipinski definition) is 3. The molecule has 29 heavy (non-hydrogen) atoms. The number of carbonyl (C=O) groups is 1. The Morgan fingerprint density at radius 1 is 1.00 bits per heavy atom. The summed E-state index contributed by atoms with van der Waals surface area (Å²) in [5.74, 6) is 0. The number of carbonyl (C=O) groups excluding carboxylic acids is 1. The van der Waals surface area contributed by atoms with Gasteiger partial charge in [-0.3, -0.25) is 5.32 Å². The van der Waals surface area contributed by atoms with E-state index in [-0.39, 0.29) is 6.03 Å². The van der Waals surface area contributed by atoms with Crippen LogP contribution in [0.2, 0.25) is 0 Å². The van der Waals surface area contributed by atoms with Gasteiger partial charge in [0.15, 0.2) is 5.13 Å². The van der Waals surface area contributed by atoms with Gasteiger partial charge in [-0.1, -0.05) is 60.2 Å². The highest BCUT2D eigenvalue weighted by Crippen LogP contribution is 2.31. The topological polar surface area (TPSA) is 54.0 Å². The smallest absolute Gasteiger partial charge is 0.321 e. The molecule has 0 aliphatic heterocycles. The molecule has 4 nitrogen and oxygen atoms in total. The summed E-state index contributed by atoms with van der Waals surface area (Å²) >= 11 is 1.44. The number of fused-ring (bicyclic) bond motifs is 1. The number of benzene rings is 3. The summed E-state index contributed by atoms with van der Waals surface area (Å²) in [6.07, 6.45) is 0. The molecule has 0 aliphatic rings. The zero-order chi connectivity index (χ0) is 20.4. The van der Waals surface area contributed by atoms with E-state index in [4.69, 9.17) is 0 Å². The van der Waals surface area contributed by atoms with Crippen molar-refractivity contribution >= 4 is 33.3 Å². The molecule has 0 atom stereocenters. The lowest BCUT2D eigenvalue weighted by atomic mass is 9.98. The molecule has 4 aromatic rings. The molecular formula is C24H23N3OS. The minimum Gasteiger partial charge on any atom is -0.334 e. The van der Waals surface area contributed by atoms with Crippen LogP contribution in [0.5, 0.6) is 0 Å². The highest BCUT2D eigenvalue weighted by Gasteiger charge is 2.12. The van der Waals surface area contributed by atoms with Crippen molar-refractivity contribution in [1.29, 1.82) is 0 Å². The number of anilines is 1. The minimum absolute atomic E-state index is 0.254. The zero-order valence-corrected chi connectivity index (χ0v) is 17.6. The molecule has 2 amide bonds. The average molecular weight is 402 g/mol. The first-order valence-electron chi connectivity index (χ1n) is 9.56. The SMILES string of the molecule is Cc1cc(C)c(-c2csc(NC(=O)NCc3cccc4ccccc34)n2)c(C)c1. The van der Waals surface area contributed by atoms with Gasteiger partial charge in [0.25, 0.3) is 0 Å². The Balaban J connectivity index is 1.45. The maximum Gasteiger partial charge on any atom is 0.321 e. The third-order valence-electron chi connectivity index (χ3n) is 4.98. The Hall–Kier alpha value is -3.18. The Kier molecular flexibility index (Phi) is 5.32. The predicted molar refractivity (Wildman–Crippen MR) is 122 cm³/mol. The first-order valence-corrected chi connectivity index (χ1v) is 10.4. The second-order valence-corrected chi connectivity index (χ2v) is 8.12. The molecule has 3 aromatic carbocycles. The lowest BCUT2D eigenvalue weighted by molar-refractivity contribution is 0.252. The predicted octanol–water partition coefficient (Wildman–Crippen LogP) is 6.21. The largest absolute Gasteiger partial charge is 0.334 e. The number of nitrogens with one attached hydrogen (secondary N) is 2. The number of amides is 2. The van der Waals surface area contributed by atoms with Crippen LogP contribution in [0.1, 0.15) is 22.3 Å². The third-order valence-corrected chi connectivity index (χ3v) is 5.73. The third kappa shape index (κ3) is 4.15. The van der Waals surface area contributed by atoms with Crippen LogP contribution in [0.3, 0.4) is 0 Å². The number of urea groups is 1. The highest BCUT2D eigenvalue weighted by atomic mass is 32.1. The van der Waals surface area contributed by atoms with E-state index in [1.807, 2.05) is 29.6 Å². The molecule has 1 aromatic heterocycles. The molecule has 2 N–H and O–H groups in total. The van der Waals surface area contributed by atoms with Crippen LogP contribution >= 0.6 is 11.3 Å². The summed E-state index contributed by atoms with van der Waals surface area (Å²) in [6, 6.07) is 18.4. The van der Waals surface area contributed by atoms with Crippen LogP contribution in [-0.2, 0) is 6.54 Å². The van der Waals surface area contributed by atoms with Gasteiger partial charge in [-0.25, -0.2) is 9.78 Å². The van der Waals surface area contributed by atoms with Crippen LogP contribution < -0.4 is 10.6 Å². The lowest BCUT2D eigenvalue weighted by Gasteiger charge is -2.09. The van der Waals surface area contributed by atoms with Crippen molar-refractivity contribution in [2.75, 3.05) is 5.32 Å². The van der Waals surface area contributed by atoms with E-state index in [2.05, 4.69) is 66.7 Å². The number of hydrogen-bond donors (Lipinski definition) is 2. The lowest BCUT2D eigenvalue weighted by Crippen LogP contribution is -2.28. The Morgan fingerprint density at radius 2 is 1.72 bits per heavy atom. The van der Waals surface area contributed by atoms with E-state index in [1.54, 1.807) is 0 Å². The molecule has 0 saturated heterocycles. The fraction of sp³-hybridized carbons (Fsp3) is 0.167. The van der Waals surface area contributed by atoms with Gasteiger partial charge in [0.1, 0.15) is 0 Å². The summed E-state index contributed by atoms with van der Waals surface area (Å²) in [7, 11) is 0. The number of aryl methyl sites for hydroxylation is 3. The van der Waals surface area contributed by atoms with Gasteiger partial charge >= 0.3 is 6.03 Å². The fourth-order valence-corrected chi connectivity index (χ4v) is 4.49. The van der Waals surface area contributed by atoms with E-state index < -0.39 is 0 Å². The van der Waals surface area contributed by atoms with Crippen LogP contribution in [0.25, 0.3) is 22.0 Å². The number of rotatable bonds is 4. The minimum atomic E-state index is -0.254. The average Bonchev–Trinajstić information content (AvgIpc) is 3.13. The number of thiazole rings is 1. The van der Waals surface area contributed by atoms with E-state index in [9.17, 15) is 4.79 Å². The van der Waals surface area contributed by atoms with Crippen molar-refractivity contribution in [3.05, 3.63) is 82.2 Å². The summed E-state index contributed by atoms with van der Waals surface area (Å²) in [5, 5.41) is 10.7. The number of nitrogens with zero attached hydrogens (tertiary/aromatic N) is 1. The molecule has 0 fully saturated rings. The molecule has 0 radical (unpaired) electrons. The first-order chi connectivity index (χ1) is 14.0. The van der Waals surface area contributed by atoms with Gasteiger partial charge < -0.3 is 5.32 Å². The van der Waals surface area contributed by atoms with Gasteiger partial charge in [0.05, 0.1) is 5.69 Å². The zero-order valence-electron chi connectivity index (χ0n) is 16.7. The van der Waals surface area contributed by atoms with Crippen LogP contribution in [-0.4, -0.2) is 11.0 Å². The van der Waals surface area contributed by atoms with Gasteiger partial charge in [-0.2, -0.15) is 0 Å². The van der Waals surface area contributed by atoms with Crippen molar-refractivity contribution < 1.29 is 4.79 Å². The summed E-state index contributed by atoms with van der Waals surface area (Å²) in [4.78, 5) is 17.0. The molecule has 0 spiro atoms.